The fraction of sp³-hybridized carbons (Fsp3) is 0.450. The minimum atomic E-state index is -4.88. The number of rotatable bonds is 5. The zero-order valence-corrected chi connectivity index (χ0v) is 21.3. The van der Waals surface area contributed by atoms with Crippen LogP contribution in [0.15, 0.2) is 5.16 Å². The molecule has 3 heterocycles. The third-order valence-corrected chi connectivity index (χ3v) is 9.66. The average molecular weight is 576 g/mol. The molecular weight excluding hydrogens is 560 g/mol. The molecule has 0 aromatic carbocycles. The molecule has 0 bridgehead atoms. The Kier molecular flexibility index (Phi) is 7.14. The number of nitrogens with zero attached hydrogens (tertiary/aromatic N) is 1. The van der Waals surface area contributed by atoms with E-state index in [-0.39, 0.29) is 31.5 Å². The van der Waals surface area contributed by atoms with Gasteiger partial charge < -0.3 is 14.9 Å². The van der Waals surface area contributed by atoms with Crippen LogP contribution >= 0.6 is 57.5 Å². The quantitative estimate of drug-likeness (QED) is 0.435. The second kappa shape index (κ2) is 9.50. The van der Waals surface area contributed by atoms with Crippen molar-refractivity contribution in [3.63, 3.8) is 0 Å². The Bertz CT molecular complexity index is 1190. The molecular formula is C20H16Cl3F3N2O4S2. The second-order valence-electron chi connectivity index (χ2n) is 7.65. The number of oxime groups is 1. The van der Waals surface area contributed by atoms with Crippen molar-refractivity contribution >= 4 is 75.1 Å². The van der Waals surface area contributed by atoms with E-state index in [2.05, 4.69) is 15.2 Å². The van der Waals surface area contributed by atoms with Crippen LogP contribution in [0.5, 0.6) is 0 Å². The molecule has 1 atom stereocenters. The lowest BCUT2D eigenvalue weighted by Gasteiger charge is -2.28. The van der Waals surface area contributed by atoms with Crippen molar-refractivity contribution in [1.82, 2.24) is 5.32 Å². The number of halogens is 6. The third-order valence-electron chi connectivity index (χ3n) is 5.62. The topological polar surface area (TPSA) is 77.0 Å². The Morgan fingerprint density at radius 1 is 1.15 bits per heavy atom. The molecule has 1 aliphatic heterocycles. The number of hydrogen-bond acceptors (Lipinski definition) is 7. The highest BCUT2D eigenvalue weighted by atomic mass is 35.5. The summed E-state index contributed by atoms with van der Waals surface area (Å²) in [6.45, 7) is -0.322. The lowest BCUT2D eigenvalue weighted by molar-refractivity contribution is -0.274. The molecule has 34 heavy (non-hydrogen) atoms. The van der Waals surface area contributed by atoms with Gasteiger partial charge in [0.25, 0.3) is 11.5 Å². The molecule has 6 nitrogen and oxygen atoms in total. The molecule has 1 amide bonds. The first kappa shape index (κ1) is 25.6. The largest absolute Gasteiger partial charge is 0.468 e. The predicted molar refractivity (Wildman–Crippen MR) is 125 cm³/mol. The standard InChI is InChI=1S/C20H16Cl3F3N2O4S2/c1-31-11(29)7-27-18(30)15-9-5-3-2-4-8(9)14(33-15)10-6-19(32-28-10,20(24,25)26)16-12(21)13(22)17(23)34-16/h2-7H2,1H3,(H,27,30). The summed E-state index contributed by atoms with van der Waals surface area (Å²) in [5.41, 5.74) is -1.27. The summed E-state index contributed by atoms with van der Waals surface area (Å²) in [5.74, 6) is -1.12. The smallest absolute Gasteiger partial charge is 0.436 e. The molecule has 2 aromatic rings. The van der Waals surface area contributed by atoms with Crippen LogP contribution in [0.1, 0.15) is 49.8 Å². The van der Waals surface area contributed by atoms with E-state index in [4.69, 9.17) is 39.6 Å². The van der Waals surface area contributed by atoms with Crippen LogP contribution in [0.2, 0.25) is 14.4 Å². The highest BCUT2D eigenvalue weighted by molar-refractivity contribution is 7.18. The number of amides is 1. The van der Waals surface area contributed by atoms with Crippen molar-refractivity contribution in [1.29, 1.82) is 0 Å². The number of alkyl halides is 3. The van der Waals surface area contributed by atoms with Crippen molar-refractivity contribution in [2.75, 3.05) is 13.7 Å². The van der Waals surface area contributed by atoms with Gasteiger partial charge in [-0.1, -0.05) is 40.0 Å². The van der Waals surface area contributed by atoms with Gasteiger partial charge in [-0.3, -0.25) is 9.59 Å². The van der Waals surface area contributed by atoms with Crippen LogP contribution in [0, 0.1) is 0 Å². The lowest BCUT2D eigenvalue weighted by atomic mass is 9.88. The maximum absolute atomic E-state index is 14.4. The summed E-state index contributed by atoms with van der Waals surface area (Å²) in [5, 5.41) is 5.79. The van der Waals surface area contributed by atoms with E-state index in [9.17, 15) is 22.8 Å². The molecule has 2 aliphatic rings. The lowest BCUT2D eigenvalue weighted by Crippen LogP contribution is -2.42. The van der Waals surface area contributed by atoms with E-state index in [0.29, 0.717) is 33.9 Å². The Balaban J connectivity index is 1.71. The molecule has 14 heteroatoms. The highest BCUT2D eigenvalue weighted by Crippen LogP contribution is 2.56. The second-order valence-corrected chi connectivity index (χ2v) is 11.0. The summed E-state index contributed by atoms with van der Waals surface area (Å²) in [6, 6.07) is 0. The Morgan fingerprint density at radius 2 is 1.82 bits per heavy atom. The van der Waals surface area contributed by atoms with Crippen LogP contribution in [0.3, 0.4) is 0 Å². The maximum atomic E-state index is 14.4. The van der Waals surface area contributed by atoms with E-state index < -0.39 is 30.1 Å². The number of esters is 1. The van der Waals surface area contributed by atoms with Gasteiger partial charge in [-0.15, -0.1) is 22.7 Å². The van der Waals surface area contributed by atoms with E-state index in [0.717, 1.165) is 35.3 Å². The van der Waals surface area contributed by atoms with Crippen molar-refractivity contribution in [2.24, 2.45) is 5.16 Å². The van der Waals surface area contributed by atoms with Gasteiger partial charge >= 0.3 is 12.1 Å². The molecule has 1 aliphatic carbocycles. The van der Waals surface area contributed by atoms with Crippen molar-refractivity contribution in [2.45, 2.75) is 43.9 Å². The predicted octanol–water partition coefficient (Wildman–Crippen LogP) is 6.13. The summed E-state index contributed by atoms with van der Waals surface area (Å²) in [7, 11) is 1.20. The number of ether oxygens (including phenoxy) is 1. The molecule has 184 valence electrons. The number of methoxy groups -OCH3 is 1. The third kappa shape index (κ3) is 4.30. The van der Waals surface area contributed by atoms with Gasteiger partial charge in [0.1, 0.15) is 16.6 Å². The molecule has 0 fully saturated rings. The number of hydrogen-bond donors (Lipinski definition) is 1. The van der Waals surface area contributed by atoms with Crippen molar-refractivity contribution < 1.29 is 32.3 Å². The molecule has 1 unspecified atom stereocenters. The molecule has 0 spiro atoms. The molecule has 4 rings (SSSR count). The minimum Gasteiger partial charge on any atom is -0.468 e. The summed E-state index contributed by atoms with van der Waals surface area (Å²) in [6.07, 6.45) is -2.70. The van der Waals surface area contributed by atoms with Crippen LogP contribution in [0.4, 0.5) is 13.2 Å². The van der Waals surface area contributed by atoms with Gasteiger partial charge in [0.2, 0.25) is 0 Å². The maximum Gasteiger partial charge on any atom is 0.436 e. The van der Waals surface area contributed by atoms with Crippen molar-refractivity contribution in [3.05, 3.63) is 40.1 Å². The van der Waals surface area contributed by atoms with E-state index in [1.807, 2.05) is 0 Å². The Labute approximate surface area is 214 Å². The fourth-order valence-electron chi connectivity index (χ4n) is 3.94. The Hall–Kier alpha value is -1.53. The normalized spacial score (nSPS) is 19.9. The van der Waals surface area contributed by atoms with Gasteiger partial charge in [-0.25, -0.2) is 0 Å². The number of carbonyl (C=O) groups excluding carboxylic acids is 2. The van der Waals surface area contributed by atoms with Gasteiger partial charge in [-0.2, -0.15) is 13.2 Å². The number of nitrogens with one attached hydrogen (secondary N) is 1. The molecule has 2 aromatic heterocycles. The number of carbonyl (C=O) groups is 2. The average Bonchev–Trinajstić information content (AvgIpc) is 3.48. The first-order valence-corrected chi connectivity index (χ1v) is 12.7. The Morgan fingerprint density at radius 3 is 2.41 bits per heavy atom. The van der Waals surface area contributed by atoms with E-state index >= 15 is 0 Å². The van der Waals surface area contributed by atoms with Crippen LogP contribution < -0.4 is 5.32 Å². The first-order chi connectivity index (χ1) is 16.0. The summed E-state index contributed by atoms with van der Waals surface area (Å²) >= 11 is 19.6. The fourth-order valence-corrected chi connectivity index (χ4v) is 7.24. The van der Waals surface area contributed by atoms with E-state index in [1.54, 1.807) is 0 Å². The van der Waals surface area contributed by atoms with Gasteiger partial charge in [0.05, 0.1) is 38.2 Å². The summed E-state index contributed by atoms with van der Waals surface area (Å²) < 4.78 is 47.5. The van der Waals surface area contributed by atoms with Gasteiger partial charge in [-0.05, 0) is 36.8 Å². The SMILES string of the molecule is COC(=O)CNC(=O)c1sc(C2=NOC(c3sc(Cl)c(Cl)c3Cl)(C(F)(F)F)C2)c2c1CCCC2. The van der Waals surface area contributed by atoms with Gasteiger partial charge in [0.15, 0.2) is 0 Å². The zero-order valence-electron chi connectivity index (χ0n) is 17.4. The van der Waals surface area contributed by atoms with E-state index in [1.165, 1.54) is 7.11 Å². The zero-order chi connectivity index (χ0) is 24.8. The van der Waals surface area contributed by atoms with Crippen LogP contribution in [-0.2, 0) is 32.8 Å². The van der Waals surface area contributed by atoms with Gasteiger partial charge in [0, 0.05) is 0 Å². The first-order valence-electron chi connectivity index (χ1n) is 9.95. The molecule has 0 radical (unpaired) electrons. The molecule has 0 saturated carbocycles. The number of fused-ring (bicyclic) bond motifs is 1. The monoisotopic (exact) mass is 574 g/mol. The summed E-state index contributed by atoms with van der Waals surface area (Å²) in [4.78, 5) is 29.6. The van der Waals surface area contributed by atoms with Crippen LogP contribution in [-0.4, -0.2) is 37.4 Å². The number of thiophene rings is 2. The van der Waals surface area contributed by atoms with Crippen LogP contribution in [0.25, 0.3) is 0 Å². The van der Waals surface area contributed by atoms with Crippen molar-refractivity contribution in [3.8, 4) is 0 Å². The minimum absolute atomic E-state index is 0.0594. The highest BCUT2D eigenvalue weighted by Gasteiger charge is 2.64. The molecule has 1 N–H and O–H groups in total. The molecule has 0 saturated heterocycles.